The Balaban J connectivity index is 1.99. The zero-order valence-corrected chi connectivity index (χ0v) is 17.5. The maximum Gasteiger partial charge on any atom is 0.228 e. The first-order chi connectivity index (χ1) is 15.6. The van der Waals surface area contributed by atoms with Gasteiger partial charge in [-0.05, 0) is 35.4 Å². The molecular weight excluding hydrogens is 400 g/mol. The lowest BCUT2D eigenvalue weighted by molar-refractivity contribution is 0.388. The van der Waals surface area contributed by atoms with Gasteiger partial charge in [0.15, 0.2) is 0 Å². The summed E-state index contributed by atoms with van der Waals surface area (Å²) in [5.41, 5.74) is 16.5. The summed E-state index contributed by atoms with van der Waals surface area (Å²) in [5, 5.41) is 9.94. The van der Waals surface area contributed by atoms with E-state index in [1.807, 2.05) is 84.9 Å². The maximum absolute atomic E-state index is 9.94. The lowest BCUT2D eigenvalue weighted by atomic mass is 9.81. The second-order valence-electron chi connectivity index (χ2n) is 7.14. The Bertz CT molecular complexity index is 1240. The molecule has 1 unspecified atom stereocenters. The Morgan fingerprint density at radius 2 is 1.59 bits per heavy atom. The molecule has 0 bridgehead atoms. The summed E-state index contributed by atoms with van der Waals surface area (Å²) < 4.78 is 11.2. The second kappa shape index (κ2) is 9.11. The molecule has 6 heteroatoms. The van der Waals surface area contributed by atoms with Crippen LogP contribution < -0.4 is 16.2 Å². The molecule has 32 heavy (non-hydrogen) atoms. The molecule has 0 radical (unpaired) electrons. The molecule has 0 saturated carbocycles. The van der Waals surface area contributed by atoms with Crippen LogP contribution in [0.4, 0.5) is 5.69 Å². The first-order valence-corrected chi connectivity index (χ1v) is 10.0. The largest absolute Gasteiger partial charge is 0.497 e. The predicted molar refractivity (Wildman–Crippen MR) is 125 cm³/mol. The van der Waals surface area contributed by atoms with Gasteiger partial charge in [-0.25, -0.2) is 4.99 Å². The van der Waals surface area contributed by atoms with Gasteiger partial charge in [-0.15, -0.1) is 0 Å². The monoisotopic (exact) mass is 422 g/mol. The van der Waals surface area contributed by atoms with Crippen LogP contribution in [0.2, 0.25) is 0 Å². The number of hydrogen-bond acceptors (Lipinski definition) is 6. The van der Waals surface area contributed by atoms with E-state index in [1.165, 1.54) is 0 Å². The van der Waals surface area contributed by atoms with Gasteiger partial charge < -0.3 is 20.9 Å². The first-order valence-electron chi connectivity index (χ1n) is 10.0. The topological polar surface area (TPSA) is 107 Å². The fourth-order valence-corrected chi connectivity index (χ4v) is 3.62. The zero-order valence-electron chi connectivity index (χ0n) is 17.5. The van der Waals surface area contributed by atoms with Crippen molar-refractivity contribution in [1.29, 1.82) is 5.26 Å². The molecule has 1 heterocycles. The predicted octanol–water partition coefficient (Wildman–Crippen LogP) is 4.60. The molecule has 0 aromatic heterocycles. The molecule has 6 nitrogen and oxygen atoms in total. The van der Waals surface area contributed by atoms with E-state index in [4.69, 9.17) is 20.9 Å². The second-order valence-corrected chi connectivity index (χ2v) is 7.14. The molecule has 0 amide bonds. The van der Waals surface area contributed by atoms with Crippen molar-refractivity contribution in [3.05, 3.63) is 113 Å². The maximum atomic E-state index is 9.94. The third kappa shape index (κ3) is 4.05. The summed E-state index contributed by atoms with van der Waals surface area (Å²) >= 11 is 0. The van der Waals surface area contributed by atoms with Crippen molar-refractivity contribution in [2.24, 2.45) is 16.5 Å². The van der Waals surface area contributed by atoms with E-state index < -0.39 is 5.92 Å². The average molecular weight is 422 g/mol. The van der Waals surface area contributed by atoms with Crippen LogP contribution in [-0.4, -0.2) is 13.0 Å². The van der Waals surface area contributed by atoms with Gasteiger partial charge in [0.2, 0.25) is 11.8 Å². The molecule has 0 fully saturated rings. The lowest BCUT2D eigenvalue weighted by Crippen LogP contribution is -2.29. The van der Waals surface area contributed by atoms with E-state index in [0.29, 0.717) is 22.7 Å². The molecule has 4 rings (SSSR count). The normalized spacial score (nSPS) is 18.6. The molecule has 0 aliphatic carbocycles. The molecule has 1 aliphatic rings. The van der Waals surface area contributed by atoms with Gasteiger partial charge in [-0.2, -0.15) is 5.26 Å². The molecule has 0 saturated heterocycles. The Morgan fingerprint density at radius 1 is 0.969 bits per heavy atom. The highest BCUT2D eigenvalue weighted by molar-refractivity contribution is 6.05. The fourth-order valence-electron chi connectivity index (χ4n) is 3.62. The quantitative estimate of drug-likeness (QED) is 0.639. The molecule has 1 aliphatic heterocycles. The third-order valence-electron chi connectivity index (χ3n) is 5.21. The van der Waals surface area contributed by atoms with Gasteiger partial charge in [-0.1, -0.05) is 60.7 Å². The minimum absolute atomic E-state index is 0.00705. The Morgan fingerprint density at radius 3 is 2.19 bits per heavy atom. The molecule has 3 aromatic rings. The van der Waals surface area contributed by atoms with Crippen molar-refractivity contribution in [2.45, 2.75) is 5.92 Å². The highest BCUT2D eigenvalue weighted by Crippen LogP contribution is 2.41. The number of para-hydroxylation sites is 1. The van der Waals surface area contributed by atoms with Crippen molar-refractivity contribution < 1.29 is 9.47 Å². The van der Waals surface area contributed by atoms with Gasteiger partial charge in [-0.3, -0.25) is 0 Å². The standard InChI is InChI=1S/C26H22N4O2/c1-31-20-14-12-17(13-15-20)22-21(16-27)25(29)32-26(30-19-10-6-3-7-11-19)23(22)24(28)18-8-4-2-5-9-18/h2-15,22H,28-29H2,1H3/b24-23-,30-26?. The molecule has 1 atom stereocenters. The van der Waals surface area contributed by atoms with E-state index in [-0.39, 0.29) is 17.4 Å². The molecular formula is C26H22N4O2. The number of nitrogens with zero attached hydrogens (tertiary/aromatic N) is 2. The van der Waals surface area contributed by atoms with Crippen LogP contribution in [0.25, 0.3) is 5.70 Å². The summed E-state index contributed by atoms with van der Waals surface area (Å²) in [6.45, 7) is 0. The van der Waals surface area contributed by atoms with E-state index in [1.54, 1.807) is 7.11 Å². The van der Waals surface area contributed by atoms with Crippen molar-refractivity contribution in [1.82, 2.24) is 0 Å². The van der Waals surface area contributed by atoms with Crippen LogP contribution in [0.3, 0.4) is 0 Å². The van der Waals surface area contributed by atoms with Gasteiger partial charge in [0.25, 0.3) is 0 Å². The number of nitriles is 1. The van der Waals surface area contributed by atoms with Crippen LogP contribution in [0.5, 0.6) is 5.75 Å². The van der Waals surface area contributed by atoms with E-state index >= 15 is 0 Å². The van der Waals surface area contributed by atoms with E-state index in [2.05, 4.69) is 11.1 Å². The minimum Gasteiger partial charge on any atom is -0.497 e. The first kappa shape index (κ1) is 20.8. The molecule has 3 aromatic carbocycles. The number of methoxy groups -OCH3 is 1. The third-order valence-corrected chi connectivity index (χ3v) is 5.21. The van der Waals surface area contributed by atoms with Gasteiger partial charge in [0.1, 0.15) is 17.4 Å². The number of rotatable bonds is 4. The zero-order chi connectivity index (χ0) is 22.5. The highest BCUT2D eigenvalue weighted by atomic mass is 16.5. The summed E-state index contributed by atoms with van der Waals surface area (Å²) in [6.07, 6.45) is 0. The number of hydrogen-bond donors (Lipinski definition) is 2. The van der Waals surface area contributed by atoms with Crippen molar-refractivity contribution in [2.75, 3.05) is 7.11 Å². The highest BCUT2D eigenvalue weighted by Gasteiger charge is 2.36. The number of benzene rings is 3. The summed E-state index contributed by atoms with van der Waals surface area (Å²) in [4.78, 5) is 4.68. The van der Waals surface area contributed by atoms with Crippen LogP contribution in [0.15, 0.2) is 107 Å². The molecule has 158 valence electrons. The van der Waals surface area contributed by atoms with Crippen LogP contribution >= 0.6 is 0 Å². The van der Waals surface area contributed by atoms with Crippen molar-refractivity contribution >= 4 is 17.3 Å². The summed E-state index contributed by atoms with van der Waals surface area (Å²) in [6, 6.07) is 28.6. The molecule has 0 spiro atoms. The Labute approximate surface area is 186 Å². The van der Waals surface area contributed by atoms with Crippen LogP contribution in [0, 0.1) is 11.3 Å². The lowest BCUT2D eigenvalue weighted by Gasteiger charge is -2.29. The van der Waals surface area contributed by atoms with Crippen LogP contribution in [-0.2, 0) is 4.74 Å². The summed E-state index contributed by atoms with van der Waals surface area (Å²) in [7, 11) is 1.60. The average Bonchev–Trinajstić information content (AvgIpc) is 2.84. The van der Waals surface area contributed by atoms with Crippen molar-refractivity contribution in [3.8, 4) is 11.8 Å². The van der Waals surface area contributed by atoms with Gasteiger partial charge in [0.05, 0.1) is 24.3 Å². The Kier molecular flexibility index (Phi) is 5.91. The minimum atomic E-state index is -0.553. The fraction of sp³-hybridized carbons (Fsp3) is 0.0769. The van der Waals surface area contributed by atoms with Crippen LogP contribution in [0.1, 0.15) is 17.0 Å². The van der Waals surface area contributed by atoms with Gasteiger partial charge in [0, 0.05) is 5.70 Å². The smallest absolute Gasteiger partial charge is 0.228 e. The molecule has 4 N–H and O–H groups in total. The number of aliphatic imine (C=N–C) groups is 1. The SMILES string of the molecule is COc1ccc(C2C(C#N)=C(N)OC(=Nc3ccccc3)/C2=C(\N)c2ccccc2)cc1. The number of ether oxygens (including phenoxy) is 2. The number of nitrogens with two attached hydrogens (primary N) is 2. The number of allylic oxidation sites excluding steroid dienone is 1. The summed E-state index contributed by atoms with van der Waals surface area (Å²) in [5.74, 6) is 0.417. The van der Waals surface area contributed by atoms with E-state index in [0.717, 1.165) is 11.1 Å². The van der Waals surface area contributed by atoms with E-state index in [9.17, 15) is 5.26 Å². The van der Waals surface area contributed by atoms with Crippen molar-refractivity contribution in [3.63, 3.8) is 0 Å². The Hall–Kier alpha value is -4.50. The van der Waals surface area contributed by atoms with Gasteiger partial charge >= 0.3 is 0 Å².